The highest BCUT2D eigenvalue weighted by atomic mass is 35.5. The van der Waals surface area contributed by atoms with Crippen LogP contribution in [0.15, 0.2) is 12.2 Å². The second-order valence-corrected chi connectivity index (χ2v) is 4.15. The molecular weight excluding hydrogens is 259 g/mol. The van der Waals surface area contributed by atoms with Crippen molar-refractivity contribution in [1.29, 1.82) is 0 Å². The topological polar surface area (TPSA) is 72.8 Å². The largest absolute Gasteiger partial charge is 0.458 e. The molecule has 0 saturated carbocycles. The lowest BCUT2D eigenvalue weighted by atomic mass is 10.3. The molecule has 0 aliphatic rings. The van der Waals surface area contributed by atoms with Crippen LogP contribution >= 0.6 is 23.2 Å². The first-order valence-electron chi connectivity index (χ1n) is 4.22. The molecule has 0 heterocycles. The zero-order valence-electron chi connectivity index (χ0n) is 8.83. The second-order valence-electron chi connectivity index (χ2n) is 3.10. The molecule has 0 radical (unpaired) electrons. The molecule has 0 amide bonds. The van der Waals surface area contributed by atoms with E-state index in [0.717, 1.165) is 6.92 Å². The number of ether oxygens (including phenoxy) is 2. The molecule has 16 heavy (non-hydrogen) atoms. The number of hydrogen-bond donors (Lipinski definition) is 1. The van der Waals surface area contributed by atoms with E-state index in [2.05, 4.69) is 16.1 Å². The van der Waals surface area contributed by atoms with E-state index in [1.54, 1.807) is 0 Å². The van der Waals surface area contributed by atoms with Crippen LogP contribution in [0.25, 0.3) is 0 Å². The molecule has 5 nitrogen and oxygen atoms in total. The smallest absolute Gasteiger partial charge is 0.333 e. The number of rotatable bonds is 5. The molecule has 0 aromatic rings. The van der Waals surface area contributed by atoms with Gasteiger partial charge in [-0.2, -0.15) is 0 Å². The number of hydrogen-bond acceptors (Lipinski definition) is 5. The molecule has 0 aromatic carbocycles. The summed E-state index contributed by atoms with van der Waals surface area (Å²) in [5.74, 6) is -1.45. The van der Waals surface area contributed by atoms with Gasteiger partial charge in [0.15, 0.2) is 0 Å². The number of alkyl halides is 2. The summed E-state index contributed by atoms with van der Waals surface area (Å²) < 4.78 is 9.01. The molecule has 0 saturated heterocycles. The summed E-state index contributed by atoms with van der Waals surface area (Å²) in [4.78, 5) is 21.5. The van der Waals surface area contributed by atoms with E-state index >= 15 is 0 Å². The van der Waals surface area contributed by atoms with Gasteiger partial charge in [-0.05, 0) is 6.92 Å². The van der Waals surface area contributed by atoms with Gasteiger partial charge in [0.1, 0.15) is 6.61 Å². The number of carbonyl (C=O) groups is 2. The summed E-state index contributed by atoms with van der Waals surface area (Å²) in [5.41, 5.74) is -1.38. The van der Waals surface area contributed by atoms with Crippen molar-refractivity contribution in [2.45, 2.75) is 24.5 Å². The normalized spacial score (nSPS) is 15.8. The zero-order valence-corrected chi connectivity index (χ0v) is 10.3. The maximum Gasteiger partial charge on any atom is 0.333 e. The minimum absolute atomic E-state index is 0.145. The molecule has 92 valence electrons. The van der Waals surface area contributed by atoms with Crippen LogP contribution in [-0.2, 0) is 19.1 Å². The predicted molar refractivity (Wildman–Crippen MR) is 58.0 cm³/mol. The predicted octanol–water partition coefficient (Wildman–Crippen LogP) is 1.16. The lowest BCUT2D eigenvalue weighted by Crippen LogP contribution is -2.41. The highest BCUT2D eigenvalue weighted by Crippen LogP contribution is 2.23. The van der Waals surface area contributed by atoms with Crippen molar-refractivity contribution in [2.24, 2.45) is 0 Å². The van der Waals surface area contributed by atoms with Gasteiger partial charge >= 0.3 is 11.9 Å². The average molecular weight is 271 g/mol. The van der Waals surface area contributed by atoms with E-state index in [1.807, 2.05) is 0 Å². The molecule has 2 unspecified atom stereocenters. The third-order valence-corrected chi connectivity index (χ3v) is 2.24. The van der Waals surface area contributed by atoms with Gasteiger partial charge in [0.2, 0.25) is 10.6 Å². The van der Waals surface area contributed by atoms with Crippen molar-refractivity contribution >= 4 is 35.1 Å². The Morgan fingerprint density at radius 1 is 1.50 bits per heavy atom. The first-order chi connectivity index (χ1) is 7.16. The Morgan fingerprint density at radius 3 is 2.38 bits per heavy atom. The van der Waals surface area contributed by atoms with E-state index in [-0.39, 0.29) is 5.57 Å². The first kappa shape index (κ1) is 15.2. The molecule has 0 aromatic heterocycles. The van der Waals surface area contributed by atoms with Crippen LogP contribution in [0.1, 0.15) is 13.8 Å². The highest BCUT2D eigenvalue weighted by Gasteiger charge is 2.37. The number of halogens is 2. The monoisotopic (exact) mass is 270 g/mol. The zero-order chi connectivity index (χ0) is 12.9. The Bertz CT molecular complexity index is 300. The summed E-state index contributed by atoms with van der Waals surface area (Å²) in [5, 5.41) is 7.33. The van der Waals surface area contributed by atoms with Gasteiger partial charge in [-0.1, -0.05) is 29.8 Å². The number of esters is 2. The van der Waals surface area contributed by atoms with Crippen molar-refractivity contribution in [2.75, 3.05) is 6.61 Å². The molecule has 7 heteroatoms. The quantitative estimate of drug-likeness (QED) is 0.461. The summed E-state index contributed by atoms with van der Waals surface area (Å²) in [6, 6.07) is 0. The van der Waals surface area contributed by atoms with Crippen LogP contribution in [-0.4, -0.2) is 34.3 Å². The summed E-state index contributed by atoms with van der Waals surface area (Å²) >= 11 is 11.0. The fourth-order valence-electron chi connectivity index (χ4n) is 0.591. The fourth-order valence-corrected chi connectivity index (χ4v) is 0.879. The maximum absolute atomic E-state index is 11.0. The molecular formula is C9H12Cl2O5. The molecule has 0 aliphatic heterocycles. The number of carbonyl (C=O) groups excluding carboxylic acids is 2. The van der Waals surface area contributed by atoms with E-state index in [4.69, 9.17) is 23.2 Å². The van der Waals surface area contributed by atoms with Gasteiger partial charge < -0.3 is 14.6 Å². The van der Waals surface area contributed by atoms with E-state index < -0.39 is 29.2 Å². The SMILES string of the molecule is C=C(C)C(=O)OCC(O)(Cl)C(Cl)OC(C)=O. The van der Waals surface area contributed by atoms with Gasteiger partial charge in [0.25, 0.3) is 0 Å². The van der Waals surface area contributed by atoms with Crippen molar-refractivity contribution in [3.05, 3.63) is 12.2 Å². The molecule has 2 atom stereocenters. The van der Waals surface area contributed by atoms with Crippen LogP contribution in [0.5, 0.6) is 0 Å². The van der Waals surface area contributed by atoms with E-state index in [0.29, 0.717) is 0 Å². The Kier molecular flexibility index (Phi) is 5.78. The van der Waals surface area contributed by atoms with Crippen LogP contribution in [0.2, 0.25) is 0 Å². The highest BCUT2D eigenvalue weighted by molar-refractivity contribution is 6.31. The third kappa shape index (κ3) is 5.34. The minimum atomic E-state index is -2.18. The van der Waals surface area contributed by atoms with Crippen molar-refractivity contribution in [1.82, 2.24) is 0 Å². The second kappa shape index (κ2) is 6.08. The van der Waals surface area contributed by atoms with E-state index in [1.165, 1.54) is 6.92 Å². The molecule has 0 spiro atoms. The van der Waals surface area contributed by atoms with Gasteiger partial charge in [0.05, 0.1) is 0 Å². The van der Waals surface area contributed by atoms with Crippen molar-refractivity contribution in [3.63, 3.8) is 0 Å². The summed E-state index contributed by atoms with van der Waals surface area (Å²) in [6.45, 7) is 5.24. The van der Waals surface area contributed by atoms with Crippen molar-refractivity contribution in [3.8, 4) is 0 Å². The van der Waals surface area contributed by atoms with Gasteiger partial charge in [-0.3, -0.25) is 4.79 Å². The Labute approximate surface area is 103 Å². The standard InChI is InChI=1S/C9H12Cl2O5/c1-5(2)7(13)15-4-9(11,14)8(10)16-6(3)12/h8,14H,1,4H2,2-3H3. The van der Waals surface area contributed by atoms with Crippen LogP contribution in [0, 0.1) is 0 Å². The van der Waals surface area contributed by atoms with E-state index in [9.17, 15) is 14.7 Å². The third-order valence-electron chi connectivity index (χ3n) is 1.37. The molecule has 0 rings (SSSR count). The molecule has 0 aliphatic carbocycles. The lowest BCUT2D eigenvalue weighted by molar-refractivity contribution is -0.154. The van der Waals surface area contributed by atoms with Gasteiger partial charge in [-0.25, -0.2) is 4.79 Å². The number of aliphatic hydroxyl groups is 1. The summed E-state index contributed by atoms with van der Waals surface area (Å²) in [6.07, 6.45) is 0. The summed E-state index contributed by atoms with van der Waals surface area (Å²) in [7, 11) is 0. The van der Waals surface area contributed by atoms with Crippen LogP contribution in [0.3, 0.4) is 0 Å². The Morgan fingerprint density at radius 2 is 2.00 bits per heavy atom. The van der Waals surface area contributed by atoms with Crippen LogP contribution < -0.4 is 0 Å². The average Bonchev–Trinajstić information content (AvgIpc) is 2.12. The minimum Gasteiger partial charge on any atom is -0.458 e. The van der Waals surface area contributed by atoms with Crippen LogP contribution in [0.4, 0.5) is 0 Å². The maximum atomic E-state index is 11.0. The van der Waals surface area contributed by atoms with Crippen molar-refractivity contribution < 1.29 is 24.2 Å². The molecule has 0 bridgehead atoms. The first-order valence-corrected chi connectivity index (χ1v) is 5.03. The van der Waals surface area contributed by atoms with Gasteiger partial charge in [0, 0.05) is 12.5 Å². The lowest BCUT2D eigenvalue weighted by Gasteiger charge is -2.24. The van der Waals surface area contributed by atoms with Gasteiger partial charge in [-0.15, -0.1) is 0 Å². The fraction of sp³-hybridized carbons (Fsp3) is 0.556. The molecule has 1 N–H and O–H groups in total. The Balaban J connectivity index is 4.28. The Hall–Kier alpha value is -0.780. The molecule has 0 fully saturated rings.